The van der Waals surface area contributed by atoms with Crippen molar-refractivity contribution in [1.82, 2.24) is 15.2 Å². The molecule has 7 heteroatoms. The predicted octanol–water partition coefficient (Wildman–Crippen LogP) is 2.08. The summed E-state index contributed by atoms with van der Waals surface area (Å²) in [7, 11) is 0. The summed E-state index contributed by atoms with van der Waals surface area (Å²) in [6, 6.07) is 7.65. The maximum absolute atomic E-state index is 12.7. The van der Waals surface area contributed by atoms with Gasteiger partial charge in [-0.05, 0) is 17.7 Å². The summed E-state index contributed by atoms with van der Waals surface area (Å²) in [4.78, 5) is 22.3. The molecule has 1 atom stereocenters. The van der Waals surface area contributed by atoms with E-state index in [1.807, 2.05) is 35.4 Å². The number of nitrogens with one attached hydrogen (secondary N) is 1. The van der Waals surface area contributed by atoms with Crippen LogP contribution in [-0.4, -0.2) is 54.6 Å². The van der Waals surface area contributed by atoms with Gasteiger partial charge in [0.15, 0.2) is 5.13 Å². The molecule has 2 aliphatic rings. The number of carbonyl (C=O) groups is 1. The summed E-state index contributed by atoms with van der Waals surface area (Å²) in [5.41, 5.74) is 1.03. The number of hydrogen-bond donors (Lipinski definition) is 1. The fourth-order valence-corrected chi connectivity index (χ4v) is 4.26. The number of aromatic nitrogens is 1. The molecular formula is C16H17ClN4OS. The Balaban J connectivity index is 1.58. The minimum atomic E-state index is -0.0592. The minimum Gasteiger partial charge on any atom is -0.313 e. The van der Waals surface area contributed by atoms with Crippen LogP contribution in [-0.2, 0) is 4.79 Å². The molecule has 1 aromatic heterocycles. The molecule has 0 bridgehead atoms. The first-order chi connectivity index (χ1) is 11.2. The van der Waals surface area contributed by atoms with Gasteiger partial charge in [-0.1, -0.05) is 35.1 Å². The van der Waals surface area contributed by atoms with Crippen molar-refractivity contribution in [1.29, 1.82) is 0 Å². The van der Waals surface area contributed by atoms with Crippen molar-refractivity contribution in [2.24, 2.45) is 0 Å². The highest BCUT2D eigenvalue weighted by Crippen LogP contribution is 2.33. The summed E-state index contributed by atoms with van der Waals surface area (Å²) in [6.07, 6.45) is 1.82. The number of anilines is 1. The number of thiazole rings is 1. The SMILES string of the molecule is O=C1[C@H]2CNCCN2CCN1c1ncc(-c2cccc(Cl)c2)s1. The Morgan fingerprint density at radius 1 is 1.30 bits per heavy atom. The van der Waals surface area contributed by atoms with Crippen LogP contribution in [0.3, 0.4) is 0 Å². The quantitative estimate of drug-likeness (QED) is 0.902. The van der Waals surface area contributed by atoms with Gasteiger partial charge in [-0.25, -0.2) is 4.98 Å². The maximum Gasteiger partial charge on any atom is 0.247 e. The first-order valence-electron chi connectivity index (χ1n) is 7.70. The monoisotopic (exact) mass is 348 g/mol. The number of hydrogen-bond acceptors (Lipinski definition) is 5. The number of amides is 1. The summed E-state index contributed by atoms with van der Waals surface area (Å²) < 4.78 is 0. The number of rotatable bonds is 2. The van der Waals surface area contributed by atoms with Crippen molar-refractivity contribution in [3.63, 3.8) is 0 Å². The Kier molecular flexibility index (Phi) is 4.07. The molecule has 0 unspecified atom stereocenters. The summed E-state index contributed by atoms with van der Waals surface area (Å²) in [5.74, 6) is 0.149. The number of benzene rings is 1. The smallest absolute Gasteiger partial charge is 0.247 e. The summed E-state index contributed by atoms with van der Waals surface area (Å²) >= 11 is 7.60. The van der Waals surface area contributed by atoms with Gasteiger partial charge in [0.25, 0.3) is 0 Å². The second-order valence-corrected chi connectivity index (χ2v) is 7.21. The van der Waals surface area contributed by atoms with Crippen molar-refractivity contribution in [3.8, 4) is 10.4 Å². The second-order valence-electron chi connectivity index (χ2n) is 5.76. The predicted molar refractivity (Wildman–Crippen MR) is 93.1 cm³/mol. The van der Waals surface area contributed by atoms with Crippen LogP contribution in [0.1, 0.15) is 0 Å². The van der Waals surface area contributed by atoms with E-state index in [0.717, 1.165) is 41.8 Å². The molecule has 0 saturated carbocycles. The molecule has 1 aromatic carbocycles. The zero-order valence-electron chi connectivity index (χ0n) is 12.5. The zero-order chi connectivity index (χ0) is 15.8. The number of carbonyl (C=O) groups excluding carboxylic acids is 1. The van der Waals surface area contributed by atoms with E-state index in [1.54, 1.807) is 11.3 Å². The molecule has 2 saturated heterocycles. The first kappa shape index (κ1) is 15.1. The van der Waals surface area contributed by atoms with Gasteiger partial charge in [0.1, 0.15) is 6.04 Å². The normalized spacial score (nSPS) is 22.2. The molecule has 0 radical (unpaired) electrons. The fraction of sp³-hybridized carbons (Fsp3) is 0.375. The first-order valence-corrected chi connectivity index (χ1v) is 8.90. The van der Waals surface area contributed by atoms with E-state index in [-0.39, 0.29) is 11.9 Å². The molecule has 1 N–H and O–H groups in total. The molecule has 5 nitrogen and oxygen atoms in total. The lowest BCUT2D eigenvalue weighted by Crippen LogP contribution is -2.64. The van der Waals surface area contributed by atoms with Gasteiger partial charge in [0.2, 0.25) is 5.91 Å². The highest BCUT2D eigenvalue weighted by molar-refractivity contribution is 7.19. The van der Waals surface area contributed by atoms with Gasteiger partial charge in [-0.3, -0.25) is 14.6 Å². The van der Waals surface area contributed by atoms with Gasteiger partial charge < -0.3 is 5.32 Å². The van der Waals surface area contributed by atoms with E-state index in [1.165, 1.54) is 0 Å². The number of piperazine rings is 2. The molecule has 120 valence electrons. The third-order valence-electron chi connectivity index (χ3n) is 4.35. The van der Waals surface area contributed by atoms with Crippen LogP contribution >= 0.6 is 22.9 Å². The van der Waals surface area contributed by atoms with Crippen molar-refractivity contribution in [2.45, 2.75) is 6.04 Å². The van der Waals surface area contributed by atoms with E-state index in [4.69, 9.17) is 11.6 Å². The van der Waals surface area contributed by atoms with Crippen LogP contribution in [0.4, 0.5) is 5.13 Å². The maximum atomic E-state index is 12.7. The van der Waals surface area contributed by atoms with Crippen molar-refractivity contribution < 1.29 is 4.79 Å². The van der Waals surface area contributed by atoms with Crippen molar-refractivity contribution in [2.75, 3.05) is 37.6 Å². The number of halogens is 1. The average molecular weight is 349 g/mol. The molecular weight excluding hydrogens is 332 g/mol. The number of nitrogens with zero attached hydrogens (tertiary/aromatic N) is 3. The molecule has 1 amide bonds. The van der Waals surface area contributed by atoms with Crippen LogP contribution in [0, 0.1) is 0 Å². The molecule has 2 aromatic rings. The molecule has 4 rings (SSSR count). The van der Waals surface area contributed by atoms with E-state index < -0.39 is 0 Å². The molecule has 2 fully saturated rings. The van der Waals surface area contributed by atoms with E-state index in [9.17, 15) is 4.79 Å². The van der Waals surface area contributed by atoms with E-state index in [0.29, 0.717) is 11.6 Å². The minimum absolute atomic E-state index is 0.0592. The lowest BCUT2D eigenvalue weighted by Gasteiger charge is -2.42. The van der Waals surface area contributed by atoms with Gasteiger partial charge in [0.05, 0.1) is 4.88 Å². The van der Waals surface area contributed by atoms with Crippen molar-refractivity contribution >= 4 is 34.0 Å². The van der Waals surface area contributed by atoms with Gasteiger partial charge in [-0.15, -0.1) is 0 Å². The van der Waals surface area contributed by atoms with Gasteiger partial charge in [-0.2, -0.15) is 0 Å². The fourth-order valence-electron chi connectivity index (χ4n) is 3.13. The zero-order valence-corrected chi connectivity index (χ0v) is 14.1. The van der Waals surface area contributed by atoms with E-state index >= 15 is 0 Å². The van der Waals surface area contributed by atoms with Crippen LogP contribution in [0.5, 0.6) is 0 Å². The number of fused-ring (bicyclic) bond motifs is 1. The average Bonchev–Trinajstić information content (AvgIpc) is 3.05. The molecule has 0 spiro atoms. The van der Waals surface area contributed by atoms with Crippen LogP contribution in [0.25, 0.3) is 10.4 Å². The lowest BCUT2D eigenvalue weighted by atomic mass is 10.1. The highest BCUT2D eigenvalue weighted by atomic mass is 35.5. The second kappa shape index (κ2) is 6.20. The largest absolute Gasteiger partial charge is 0.313 e. The summed E-state index contributed by atoms with van der Waals surface area (Å²) in [6.45, 7) is 4.24. The Hall–Kier alpha value is -1.47. The molecule has 2 aliphatic heterocycles. The third-order valence-corrected chi connectivity index (χ3v) is 5.65. The molecule has 3 heterocycles. The summed E-state index contributed by atoms with van der Waals surface area (Å²) in [5, 5.41) is 4.78. The van der Waals surface area contributed by atoms with Gasteiger partial charge in [0, 0.05) is 43.9 Å². The topological polar surface area (TPSA) is 48.5 Å². The van der Waals surface area contributed by atoms with Crippen LogP contribution < -0.4 is 10.2 Å². The Labute approximate surface area is 143 Å². The molecule has 0 aliphatic carbocycles. The van der Waals surface area contributed by atoms with Crippen molar-refractivity contribution in [3.05, 3.63) is 35.5 Å². The Bertz CT molecular complexity index is 734. The van der Waals surface area contributed by atoms with E-state index in [2.05, 4.69) is 15.2 Å². The highest BCUT2D eigenvalue weighted by Gasteiger charge is 2.37. The lowest BCUT2D eigenvalue weighted by molar-refractivity contribution is -0.126. The van der Waals surface area contributed by atoms with Crippen LogP contribution in [0.15, 0.2) is 30.5 Å². The van der Waals surface area contributed by atoms with Gasteiger partial charge >= 0.3 is 0 Å². The van der Waals surface area contributed by atoms with Crippen LogP contribution in [0.2, 0.25) is 5.02 Å². The Morgan fingerprint density at radius 3 is 3.09 bits per heavy atom. The molecule has 23 heavy (non-hydrogen) atoms. The third kappa shape index (κ3) is 2.87. The Morgan fingerprint density at radius 2 is 2.22 bits per heavy atom. The standard InChI is InChI=1S/C16H17ClN4OS/c17-12-3-1-2-11(8-12)14-10-19-16(23-14)21-7-6-20-5-4-18-9-13(20)15(21)22/h1-3,8,10,13,18H,4-7,9H2/t13-/m1/s1.